The Morgan fingerprint density at radius 3 is 2.86 bits per heavy atom. The standard InChI is InChI=1S/C10H10N4/c1-8-3-2-4-9(7-8)13-10-11-5-6-12-14-10/h2-7H,1H3,(H,11,13,14). The van der Waals surface area contributed by atoms with Crippen molar-refractivity contribution >= 4 is 11.6 Å². The molecule has 0 aliphatic carbocycles. The number of aryl methyl sites for hydroxylation is 1. The van der Waals surface area contributed by atoms with E-state index >= 15 is 0 Å². The van der Waals surface area contributed by atoms with Gasteiger partial charge in [-0.25, -0.2) is 4.98 Å². The van der Waals surface area contributed by atoms with Gasteiger partial charge in [-0.15, -0.1) is 5.10 Å². The quantitative estimate of drug-likeness (QED) is 0.778. The molecule has 0 aliphatic rings. The van der Waals surface area contributed by atoms with Crippen LogP contribution in [0.4, 0.5) is 11.6 Å². The maximum Gasteiger partial charge on any atom is 0.247 e. The van der Waals surface area contributed by atoms with Gasteiger partial charge in [0.05, 0.1) is 12.4 Å². The normalized spacial score (nSPS) is 9.79. The molecular weight excluding hydrogens is 176 g/mol. The summed E-state index contributed by atoms with van der Waals surface area (Å²) in [4.78, 5) is 4.02. The third-order valence-corrected chi connectivity index (χ3v) is 1.76. The SMILES string of the molecule is Cc1cccc(Nc2nccnn2)c1. The minimum Gasteiger partial charge on any atom is -0.323 e. The van der Waals surface area contributed by atoms with Crippen LogP contribution in [-0.2, 0) is 0 Å². The molecule has 4 heteroatoms. The van der Waals surface area contributed by atoms with E-state index in [1.54, 1.807) is 12.4 Å². The zero-order chi connectivity index (χ0) is 9.80. The molecule has 0 amide bonds. The van der Waals surface area contributed by atoms with Crippen molar-refractivity contribution in [3.05, 3.63) is 42.2 Å². The second-order valence-electron chi connectivity index (χ2n) is 2.96. The Labute approximate surface area is 82.0 Å². The smallest absolute Gasteiger partial charge is 0.247 e. The van der Waals surface area contributed by atoms with Gasteiger partial charge in [0.2, 0.25) is 5.95 Å². The van der Waals surface area contributed by atoms with Gasteiger partial charge in [-0.3, -0.25) is 0 Å². The number of benzene rings is 1. The van der Waals surface area contributed by atoms with Crippen LogP contribution in [0.25, 0.3) is 0 Å². The first kappa shape index (κ1) is 8.62. The van der Waals surface area contributed by atoms with E-state index in [1.807, 2.05) is 31.2 Å². The molecule has 2 aromatic rings. The molecule has 0 unspecified atom stereocenters. The Morgan fingerprint density at radius 2 is 2.14 bits per heavy atom. The summed E-state index contributed by atoms with van der Waals surface area (Å²) in [6, 6.07) is 8.00. The van der Waals surface area contributed by atoms with Gasteiger partial charge < -0.3 is 5.32 Å². The third kappa shape index (κ3) is 2.04. The van der Waals surface area contributed by atoms with Crippen molar-refractivity contribution in [2.24, 2.45) is 0 Å². The number of rotatable bonds is 2. The molecule has 0 spiro atoms. The average Bonchev–Trinajstić information content (AvgIpc) is 2.19. The molecule has 0 fully saturated rings. The monoisotopic (exact) mass is 186 g/mol. The van der Waals surface area contributed by atoms with Gasteiger partial charge in [-0.05, 0) is 24.6 Å². The van der Waals surface area contributed by atoms with Crippen molar-refractivity contribution in [3.8, 4) is 0 Å². The van der Waals surface area contributed by atoms with Crippen LogP contribution >= 0.6 is 0 Å². The lowest BCUT2D eigenvalue weighted by molar-refractivity contribution is 0.978. The molecule has 0 atom stereocenters. The second kappa shape index (κ2) is 3.83. The van der Waals surface area contributed by atoms with Crippen molar-refractivity contribution in [2.75, 3.05) is 5.32 Å². The summed E-state index contributed by atoms with van der Waals surface area (Å²) in [5.74, 6) is 0.512. The summed E-state index contributed by atoms with van der Waals surface area (Å²) >= 11 is 0. The predicted octanol–water partition coefficient (Wildman–Crippen LogP) is 1.92. The van der Waals surface area contributed by atoms with Gasteiger partial charge in [-0.2, -0.15) is 5.10 Å². The number of hydrogen-bond donors (Lipinski definition) is 1. The molecule has 1 heterocycles. The second-order valence-corrected chi connectivity index (χ2v) is 2.96. The summed E-state index contributed by atoms with van der Waals surface area (Å²) in [7, 11) is 0. The molecule has 0 aliphatic heterocycles. The highest BCUT2D eigenvalue weighted by molar-refractivity contribution is 5.53. The Hall–Kier alpha value is -1.97. The Kier molecular flexibility index (Phi) is 2.36. The van der Waals surface area contributed by atoms with E-state index < -0.39 is 0 Å². The number of hydrogen-bond acceptors (Lipinski definition) is 4. The molecular formula is C10H10N4. The molecule has 70 valence electrons. The minimum atomic E-state index is 0.512. The van der Waals surface area contributed by atoms with Crippen LogP contribution in [-0.4, -0.2) is 15.2 Å². The van der Waals surface area contributed by atoms with Crippen LogP contribution in [0, 0.1) is 6.92 Å². The average molecular weight is 186 g/mol. The van der Waals surface area contributed by atoms with Crippen LogP contribution in [0.3, 0.4) is 0 Å². The van der Waals surface area contributed by atoms with Gasteiger partial charge in [0.15, 0.2) is 0 Å². The molecule has 1 N–H and O–H groups in total. The molecule has 0 saturated carbocycles. The van der Waals surface area contributed by atoms with E-state index in [0.717, 1.165) is 5.69 Å². The molecule has 1 aromatic carbocycles. The van der Waals surface area contributed by atoms with Crippen molar-refractivity contribution < 1.29 is 0 Å². The summed E-state index contributed by atoms with van der Waals surface area (Å²) in [5.41, 5.74) is 2.16. The van der Waals surface area contributed by atoms with E-state index in [9.17, 15) is 0 Å². The molecule has 1 aromatic heterocycles. The lowest BCUT2D eigenvalue weighted by atomic mass is 10.2. The highest BCUT2D eigenvalue weighted by atomic mass is 15.2. The Bertz CT molecular complexity index is 413. The van der Waals surface area contributed by atoms with E-state index in [-0.39, 0.29) is 0 Å². The summed E-state index contributed by atoms with van der Waals surface area (Å²) in [6.45, 7) is 2.04. The lowest BCUT2D eigenvalue weighted by Crippen LogP contribution is -1.97. The van der Waals surface area contributed by atoms with Crippen LogP contribution in [0.15, 0.2) is 36.7 Å². The molecule has 14 heavy (non-hydrogen) atoms. The topological polar surface area (TPSA) is 50.7 Å². The first-order valence-corrected chi connectivity index (χ1v) is 4.32. The van der Waals surface area contributed by atoms with Gasteiger partial charge in [0, 0.05) is 5.69 Å². The van der Waals surface area contributed by atoms with E-state index in [4.69, 9.17) is 0 Å². The van der Waals surface area contributed by atoms with E-state index in [1.165, 1.54) is 5.56 Å². The van der Waals surface area contributed by atoms with Gasteiger partial charge in [-0.1, -0.05) is 12.1 Å². The van der Waals surface area contributed by atoms with E-state index in [2.05, 4.69) is 20.5 Å². The fourth-order valence-electron chi connectivity index (χ4n) is 1.16. The minimum absolute atomic E-state index is 0.512. The van der Waals surface area contributed by atoms with Gasteiger partial charge >= 0.3 is 0 Å². The van der Waals surface area contributed by atoms with Crippen LogP contribution in [0.5, 0.6) is 0 Å². The predicted molar refractivity (Wildman–Crippen MR) is 54.3 cm³/mol. The first-order valence-electron chi connectivity index (χ1n) is 4.32. The van der Waals surface area contributed by atoms with Crippen LogP contribution in [0.2, 0.25) is 0 Å². The molecule has 4 nitrogen and oxygen atoms in total. The van der Waals surface area contributed by atoms with Crippen molar-refractivity contribution in [2.45, 2.75) is 6.92 Å². The number of nitrogens with one attached hydrogen (secondary N) is 1. The van der Waals surface area contributed by atoms with Crippen molar-refractivity contribution in [1.82, 2.24) is 15.2 Å². The zero-order valence-electron chi connectivity index (χ0n) is 7.81. The van der Waals surface area contributed by atoms with Crippen molar-refractivity contribution in [3.63, 3.8) is 0 Å². The zero-order valence-corrected chi connectivity index (χ0v) is 7.81. The highest BCUT2D eigenvalue weighted by Crippen LogP contribution is 2.12. The number of aromatic nitrogens is 3. The van der Waals surface area contributed by atoms with Gasteiger partial charge in [0.1, 0.15) is 0 Å². The molecule has 2 rings (SSSR count). The van der Waals surface area contributed by atoms with Crippen LogP contribution < -0.4 is 5.32 Å². The first-order chi connectivity index (χ1) is 6.84. The largest absolute Gasteiger partial charge is 0.323 e. The number of anilines is 2. The van der Waals surface area contributed by atoms with Gasteiger partial charge in [0.25, 0.3) is 0 Å². The van der Waals surface area contributed by atoms with Crippen LogP contribution in [0.1, 0.15) is 5.56 Å². The van der Waals surface area contributed by atoms with E-state index in [0.29, 0.717) is 5.95 Å². The fraction of sp³-hybridized carbons (Fsp3) is 0.100. The summed E-state index contributed by atoms with van der Waals surface area (Å²) < 4.78 is 0. The molecule has 0 bridgehead atoms. The summed E-state index contributed by atoms with van der Waals surface area (Å²) in [6.07, 6.45) is 3.15. The Balaban J connectivity index is 2.19. The lowest BCUT2D eigenvalue weighted by Gasteiger charge is -2.03. The van der Waals surface area contributed by atoms with Crippen molar-refractivity contribution in [1.29, 1.82) is 0 Å². The highest BCUT2D eigenvalue weighted by Gasteiger charge is 1.95. The summed E-state index contributed by atoms with van der Waals surface area (Å²) in [5, 5.41) is 10.6. The number of nitrogens with zero attached hydrogens (tertiary/aromatic N) is 3. The molecule has 0 saturated heterocycles. The molecule has 0 radical (unpaired) electrons. The fourth-order valence-corrected chi connectivity index (χ4v) is 1.16. The maximum absolute atomic E-state index is 4.02. The third-order valence-electron chi connectivity index (χ3n) is 1.76. The maximum atomic E-state index is 4.02. The Morgan fingerprint density at radius 1 is 1.21 bits per heavy atom.